The van der Waals surface area contributed by atoms with E-state index >= 15 is 0 Å². The number of nitrogens with one attached hydrogen (secondary N) is 1. The molecular formula is C23H28N2O4S. The van der Waals surface area contributed by atoms with Crippen LogP contribution in [-0.4, -0.2) is 37.3 Å². The maximum Gasteiger partial charge on any atom is 0.243 e. The molecule has 0 aromatic heterocycles. The van der Waals surface area contributed by atoms with Crippen LogP contribution in [-0.2, 0) is 14.8 Å². The highest BCUT2D eigenvalue weighted by molar-refractivity contribution is 7.89. The van der Waals surface area contributed by atoms with Crippen LogP contribution in [0, 0.1) is 5.92 Å². The van der Waals surface area contributed by atoms with Gasteiger partial charge < -0.3 is 10.1 Å². The first kappa shape index (κ1) is 20.9. The van der Waals surface area contributed by atoms with Gasteiger partial charge in [0.15, 0.2) is 0 Å². The number of carbonyl (C=O) groups excluding carboxylic acids is 1. The normalized spacial score (nSPS) is 22.0. The summed E-state index contributed by atoms with van der Waals surface area (Å²) in [4.78, 5) is 13.3. The van der Waals surface area contributed by atoms with E-state index in [0.717, 1.165) is 11.3 Å². The van der Waals surface area contributed by atoms with Crippen molar-refractivity contribution in [3.8, 4) is 5.75 Å². The molecule has 160 valence electrons. The summed E-state index contributed by atoms with van der Waals surface area (Å²) in [6.07, 6.45) is 1.73. The molecule has 1 atom stereocenters. The molecule has 30 heavy (non-hydrogen) atoms. The Balaban J connectivity index is 1.41. The molecular weight excluding hydrogens is 400 g/mol. The van der Waals surface area contributed by atoms with Crippen LogP contribution in [0.25, 0.3) is 0 Å². The number of nitrogens with zero attached hydrogens (tertiary/aromatic N) is 1. The van der Waals surface area contributed by atoms with E-state index in [4.69, 9.17) is 4.74 Å². The van der Waals surface area contributed by atoms with E-state index in [1.165, 1.54) is 4.31 Å². The van der Waals surface area contributed by atoms with E-state index in [-0.39, 0.29) is 23.5 Å². The third kappa shape index (κ3) is 4.23. The van der Waals surface area contributed by atoms with Crippen molar-refractivity contribution in [2.75, 3.05) is 13.1 Å². The van der Waals surface area contributed by atoms with Gasteiger partial charge in [-0.05, 0) is 44.9 Å². The molecule has 7 heteroatoms. The number of benzene rings is 2. The van der Waals surface area contributed by atoms with Gasteiger partial charge in [0.1, 0.15) is 11.4 Å². The van der Waals surface area contributed by atoms with Crippen molar-refractivity contribution in [1.82, 2.24) is 9.62 Å². The van der Waals surface area contributed by atoms with Crippen LogP contribution >= 0.6 is 0 Å². The average molecular weight is 429 g/mol. The number of para-hydroxylation sites is 1. The number of fused-ring (bicyclic) bond motifs is 1. The van der Waals surface area contributed by atoms with E-state index < -0.39 is 10.0 Å². The largest absolute Gasteiger partial charge is 0.487 e. The van der Waals surface area contributed by atoms with E-state index in [9.17, 15) is 13.2 Å². The van der Waals surface area contributed by atoms with Gasteiger partial charge in [-0.3, -0.25) is 4.79 Å². The second-order valence-corrected chi connectivity index (χ2v) is 10.6. The predicted molar refractivity (Wildman–Crippen MR) is 115 cm³/mol. The standard InChI is InChI=1S/C23H28N2O4S/c1-23(2)16-20(19-10-6-7-11-21(19)29-23)24-22(26)17-12-14-25(15-13-17)30(27,28)18-8-4-3-5-9-18/h3-11,17,20H,12-16H2,1-2H3,(H,24,26)/t20-/m1/s1. The first-order chi connectivity index (χ1) is 14.3. The zero-order chi connectivity index (χ0) is 21.4. The smallest absolute Gasteiger partial charge is 0.243 e. The third-order valence-corrected chi connectivity index (χ3v) is 7.81. The summed E-state index contributed by atoms with van der Waals surface area (Å²) >= 11 is 0. The summed E-state index contributed by atoms with van der Waals surface area (Å²) in [6.45, 7) is 4.75. The van der Waals surface area contributed by atoms with Crippen molar-refractivity contribution in [2.45, 2.75) is 49.6 Å². The minimum Gasteiger partial charge on any atom is -0.487 e. The molecule has 0 aliphatic carbocycles. The molecule has 0 saturated carbocycles. The van der Waals surface area contributed by atoms with Crippen LogP contribution in [0.3, 0.4) is 0 Å². The van der Waals surface area contributed by atoms with E-state index in [2.05, 4.69) is 5.32 Å². The molecule has 4 rings (SSSR count). The Morgan fingerprint density at radius 1 is 1.03 bits per heavy atom. The molecule has 2 aromatic rings. The number of sulfonamides is 1. The average Bonchev–Trinajstić information content (AvgIpc) is 2.73. The van der Waals surface area contributed by atoms with Crippen LogP contribution in [0.4, 0.5) is 0 Å². The van der Waals surface area contributed by atoms with Gasteiger partial charge in [-0.15, -0.1) is 0 Å². The number of hydrogen-bond acceptors (Lipinski definition) is 4. The summed E-state index contributed by atoms with van der Waals surface area (Å²) in [5, 5.41) is 3.20. The van der Waals surface area contributed by atoms with Crippen LogP contribution < -0.4 is 10.1 Å². The van der Waals surface area contributed by atoms with E-state index in [1.807, 2.05) is 38.1 Å². The lowest BCUT2D eigenvalue weighted by molar-refractivity contribution is -0.127. The second-order valence-electron chi connectivity index (χ2n) is 8.66. The Kier molecular flexibility index (Phi) is 5.59. The van der Waals surface area contributed by atoms with Crippen LogP contribution in [0.5, 0.6) is 5.75 Å². The third-order valence-electron chi connectivity index (χ3n) is 5.90. The molecule has 2 aromatic carbocycles. The Labute approximate surface area is 178 Å². The lowest BCUT2D eigenvalue weighted by Gasteiger charge is -2.39. The molecule has 2 heterocycles. The summed E-state index contributed by atoms with van der Waals surface area (Å²) in [6, 6.07) is 16.2. The fourth-order valence-corrected chi connectivity index (χ4v) is 5.81. The van der Waals surface area contributed by atoms with Crippen molar-refractivity contribution in [3.63, 3.8) is 0 Å². The monoisotopic (exact) mass is 428 g/mol. The lowest BCUT2D eigenvalue weighted by Crippen LogP contribution is -2.46. The predicted octanol–water partition coefficient (Wildman–Crippen LogP) is 3.51. The van der Waals surface area contributed by atoms with Gasteiger partial charge in [0, 0.05) is 31.0 Å². The van der Waals surface area contributed by atoms with Crippen molar-refractivity contribution in [3.05, 3.63) is 60.2 Å². The first-order valence-electron chi connectivity index (χ1n) is 10.4. The highest BCUT2D eigenvalue weighted by atomic mass is 32.2. The molecule has 2 aliphatic heterocycles. The number of piperidine rings is 1. The lowest BCUT2D eigenvalue weighted by atomic mass is 9.88. The molecule has 1 N–H and O–H groups in total. The fourth-order valence-electron chi connectivity index (χ4n) is 4.32. The van der Waals surface area contributed by atoms with Gasteiger partial charge in [0.2, 0.25) is 15.9 Å². The molecule has 0 unspecified atom stereocenters. The van der Waals surface area contributed by atoms with Gasteiger partial charge >= 0.3 is 0 Å². The Morgan fingerprint density at radius 2 is 1.67 bits per heavy atom. The highest BCUT2D eigenvalue weighted by Gasteiger charge is 2.37. The van der Waals surface area contributed by atoms with Crippen molar-refractivity contribution < 1.29 is 17.9 Å². The Morgan fingerprint density at radius 3 is 2.37 bits per heavy atom. The fraction of sp³-hybridized carbons (Fsp3) is 0.435. The highest BCUT2D eigenvalue weighted by Crippen LogP contribution is 2.39. The van der Waals surface area contributed by atoms with Gasteiger partial charge in [-0.25, -0.2) is 8.42 Å². The molecule has 2 aliphatic rings. The number of rotatable bonds is 4. The molecule has 1 fully saturated rings. The summed E-state index contributed by atoms with van der Waals surface area (Å²) in [5.74, 6) is 0.609. The number of hydrogen-bond donors (Lipinski definition) is 1. The van der Waals surface area contributed by atoms with Crippen molar-refractivity contribution in [1.29, 1.82) is 0 Å². The molecule has 1 amide bonds. The molecule has 0 radical (unpaired) electrons. The molecule has 0 spiro atoms. The van der Waals surface area contributed by atoms with E-state index in [0.29, 0.717) is 37.2 Å². The SMILES string of the molecule is CC1(C)C[C@@H](NC(=O)C2CCN(S(=O)(=O)c3ccccc3)CC2)c2ccccc2O1. The summed E-state index contributed by atoms with van der Waals surface area (Å²) < 4.78 is 33.1. The van der Waals surface area contributed by atoms with Crippen LogP contribution in [0.15, 0.2) is 59.5 Å². The van der Waals surface area contributed by atoms with Gasteiger partial charge in [0.05, 0.1) is 10.9 Å². The Bertz CT molecular complexity index is 1010. The Hall–Kier alpha value is -2.38. The van der Waals surface area contributed by atoms with Crippen molar-refractivity contribution >= 4 is 15.9 Å². The molecule has 6 nitrogen and oxygen atoms in total. The van der Waals surface area contributed by atoms with Gasteiger partial charge in [-0.2, -0.15) is 4.31 Å². The van der Waals surface area contributed by atoms with Crippen LogP contribution in [0.2, 0.25) is 0 Å². The van der Waals surface area contributed by atoms with Crippen LogP contribution in [0.1, 0.15) is 44.7 Å². The van der Waals surface area contributed by atoms with E-state index in [1.54, 1.807) is 30.3 Å². The van der Waals surface area contributed by atoms with Gasteiger partial charge in [0.25, 0.3) is 0 Å². The summed E-state index contributed by atoms with van der Waals surface area (Å²) in [7, 11) is -3.51. The maximum absolute atomic E-state index is 13.0. The number of amides is 1. The zero-order valence-electron chi connectivity index (χ0n) is 17.4. The van der Waals surface area contributed by atoms with Gasteiger partial charge in [-0.1, -0.05) is 36.4 Å². The minimum absolute atomic E-state index is 0.00994. The quantitative estimate of drug-likeness (QED) is 0.809. The second kappa shape index (κ2) is 8.04. The first-order valence-corrected chi connectivity index (χ1v) is 11.8. The number of ether oxygens (including phenoxy) is 1. The number of carbonyl (C=O) groups is 1. The molecule has 0 bridgehead atoms. The summed E-state index contributed by atoms with van der Waals surface area (Å²) in [5.41, 5.74) is 0.633. The zero-order valence-corrected chi connectivity index (χ0v) is 18.2. The topological polar surface area (TPSA) is 75.7 Å². The maximum atomic E-state index is 13.0. The molecule has 1 saturated heterocycles. The van der Waals surface area contributed by atoms with Crippen molar-refractivity contribution in [2.24, 2.45) is 5.92 Å². The minimum atomic E-state index is -3.51.